The summed E-state index contributed by atoms with van der Waals surface area (Å²) in [6.45, 7) is 0.0952. The van der Waals surface area contributed by atoms with E-state index in [1.165, 1.54) is 11.3 Å². The zero-order valence-electron chi connectivity index (χ0n) is 15.1. The second kappa shape index (κ2) is 7.28. The number of hydrogen-bond donors (Lipinski definition) is 1. The Kier molecular flexibility index (Phi) is 4.67. The maximum atomic E-state index is 12.5. The van der Waals surface area contributed by atoms with Gasteiger partial charge in [0.2, 0.25) is 5.91 Å². The number of aryl methyl sites for hydroxylation is 1. The van der Waals surface area contributed by atoms with Gasteiger partial charge in [0.25, 0.3) is 0 Å². The first-order chi connectivity index (χ1) is 13.5. The highest BCUT2D eigenvalue weighted by Crippen LogP contribution is 2.25. The van der Waals surface area contributed by atoms with Crippen molar-refractivity contribution in [3.63, 3.8) is 0 Å². The van der Waals surface area contributed by atoms with Crippen LogP contribution in [0.2, 0.25) is 0 Å². The van der Waals surface area contributed by atoms with E-state index in [-0.39, 0.29) is 12.6 Å². The third-order valence-corrected chi connectivity index (χ3v) is 5.38. The summed E-state index contributed by atoms with van der Waals surface area (Å²) >= 11 is 1.45. The minimum atomic E-state index is -0.466. The molecule has 6 nitrogen and oxygen atoms in total. The number of rotatable bonds is 5. The molecule has 0 aliphatic heterocycles. The summed E-state index contributed by atoms with van der Waals surface area (Å²) in [6, 6.07) is 14.6. The molecule has 2 heterocycles. The summed E-state index contributed by atoms with van der Waals surface area (Å²) in [5.74, 6) is -0.844. The molecule has 4 rings (SSSR count). The molecule has 28 heavy (non-hydrogen) atoms. The predicted octanol–water partition coefficient (Wildman–Crippen LogP) is 3.76. The van der Waals surface area contributed by atoms with Crippen LogP contribution in [0.25, 0.3) is 21.5 Å². The number of thiazole rings is 1. The summed E-state index contributed by atoms with van der Waals surface area (Å²) in [7, 11) is 1.90. The molecule has 2 aromatic heterocycles. The first-order valence-corrected chi connectivity index (χ1v) is 9.47. The summed E-state index contributed by atoms with van der Waals surface area (Å²) in [4.78, 5) is 28.2. The molecule has 4 aromatic rings. The van der Waals surface area contributed by atoms with E-state index in [1.54, 1.807) is 30.5 Å². The molecule has 0 atom stereocenters. The molecule has 0 radical (unpaired) electrons. The van der Waals surface area contributed by atoms with Crippen molar-refractivity contribution in [2.75, 3.05) is 0 Å². The Morgan fingerprint density at radius 3 is 2.64 bits per heavy atom. The van der Waals surface area contributed by atoms with Crippen molar-refractivity contribution in [1.82, 2.24) is 9.55 Å². The van der Waals surface area contributed by atoms with E-state index in [4.69, 9.17) is 10.5 Å². The number of aromatic nitrogens is 2. The number of hydrogen-bond acceptors (Lipinski definition) is 5. The molecule has 140 valence electrons. The highest BCUT2D eigenvalue weighted by atomic mass is 32.1. The van der Waals surface area contributed by atoms with Gasteiger partial charge in [0.15, 0.2) is 0 Å². The maximum absolute atomic E-state index is 12.5. The Bertz CT molecular complexity index is 1180. The molecule has 2 N–H and O–H groups in total. The van der Waals surface area contributed by atoms with Gasteiger partial charge in [-0.3, -0.25) is 4.79 Å². The van der Waals surface area contributed by atoms with Gasteiger partial charge in [-0.1, -0.05) is 30.3 Å². The van der Waals surface area contributed by atoms with Crippen molar-refractivity contribution in [1.29, 1.82) is 0 Å². The summed E-state index contributed by atoms with van der Waals surface area (Å²) in [6.07, 6.45) is 1.78. The van der Waals surface area contributed by atoms with Crippen LogP contribution < -0.4 is 5.73 Å². The molecule has 0 aliphatic rings. The van der Waals surface area contributed by atoms with E-state index >= 15 is 0 Å². The van der Waals surface area contributed by atoms with Gasteiger partial charge in [-0.2, -0.15) is 0 Å². The zero-order chi connectivity index (χ0) is 19.7. The molecular weight excluding hydrogens is 374 g/mol. The molecule has 1 amide bonds. The average molecular weight is 391 g/mol. The number of para-hydroxylation sites is 1. The van der Waals surface area contributed by atoms with Crippen molar-refractivity contribution < 1.29 is 14.3 Å². The van der Waals surface area contributed by atoms with E-state index in [0.29, 0.717) is 16.8 Å². The van der Waals surface area contributed by atoms with Gasteiger partial charge in [-0.15, -0.1) is 11.3 Å². The van der Waals surface area contributed by atoms with E-state index in [1.807, 2.05) is 41.3 Å². The molecule has 0 bridgehead atoms. The highest BCUT2D eigenvalue weighted by Gasteiger charge is 2.16. The number of esters is 1. The van der Waals surface area contributed by atoms with E-state index < -0.39 is 5.91 Å². The van der Waals surface area contributed by atoms with Crippen LogP contribution in [0.1, 0.15) is 26.4 Å². The summed E-state index contributed by atoms with van der Waals surface area (Å²) < 4.78 is 7.37. The topological polar surface area (TPSA) is 87.2 Å². The Labute approximate surface area is 165 Å². The van der Waals surface area contributed by atoms with Gasteiger partial charge in [0.05, 0.1) is 11.3 Å². The van der Waals surface area contributed by atoms with Crippen LogP contribution in [0.5, 0.6) is 0 Å². The molecule has 0 saturated carbocycles. The average Bonchev–Trinajstić information content (AvgIpc) is 3.31. The van der Waals surface area contributed by atoms with Crippen LogP contribution in [0.3, 0.4) is 0 Å². The van der Waals surface area contributed by atoms with Gasteiger partial charge in [0.1, 0.15) is 11.6 Å². The number of carbonyl (C=O) groups is 2. The minimum Gasteiger partial charge on any atom is -0.455 e. The molecular formula is C21H17N3O3S. The van der Waals surface area contributed by atoms with Crippen molar-refractivity contribution in [3.05, 3.63) is 76.9 Å². The van der Waals surface area contributed by atoms with Crippen LogP contribution in [0.15, 0.2) is 60.1 Å². The highest BCUT2D eigenvalue weighted by molar-refractivity contribution is 7.13. The lowest BCUT2D eigenvalue weighted by Gasteiger charge is -2.02. The third-order valence-electron chi connectivity index (χ3n) is 4.44. The van der Waals surface area contributed by atoms with Gasteiger partial charge in [-0.25, -0.2) is 9.78 Å². The molecule has 2 aromatic carbocycles. The smallest absolute Gasteiger partial charge is 0.340 e. The standard InChI is InChI=1S/C21H17N3O3S/c1-24-10-17(16-4-2-3-5-18(16)24)21(26)27-11-15-12-28-20(23-15)14-8-6-13(7-9-14)19(22)25/h2-10,12H,11H2,1H3,(H2,22,25). The number of benzene rings is 2. The van der Waals surface area contributed by atoms with Gasteiger partial charge in [0, 0.05) is 40.7 Å². The number of nitrogens with zero attached hydrogens (tertiary/aromatic N) is 2. The van der Waals surface area contributed by atoms with E-state index in [2.05, 4.69) is 4.98 Å². The number of nitrogens with two attached hydrogens (primary N) is 1. The number of fused-ring (bicyclic) bond motifs is 1. The fraction of sp³-hybridized carbons (Fsp3) is 0.0952. The second-order valence-corrected chi connectivity index (χ2v) is 7.19. The first kappa shape index (κ1) is 17.9. The van der Waals surface area contributed by atoms with Crippen molar-refractivity contribution in [3.8, 4) is 10.6 Å². The van der Waals surface area contributed by atoms with E-state index in [9.17, 15) is 9.59 Å². The van der Waals surface area contributed by atoms with Crippen LogP contribution in [0.4, 0.5) is 0 Å². The zero-order valence-corrected chi connectivity index (χ0v) is 15.9. The van der Waals surface area contributed by atoms with Gasteiger partial charge >= 0.3 is 5.97 Å². The second-order valence-electron chi connectivity index (χ2n) is 6.33. The molecule has 0 aliphatic carbocycles. The largest absolute Gasteiger partial charge is 0.455 e. The van der Waals surface area contributed by atoms with Crippen molar-refractivity contribution in [2.24, 2.45) is 12.8 Å². The third kappa shape index (κ3) is 3.39. The number of primary amides is 1. The van der Waals surface area contributed by atoms with Crippen LogP contribution in [-0.4, -0.2) is 21.4 Å². The van der Waals surface area contributed by atoms with Crippen molar-refractivity contribution >= 4 is 34.1 Å². The first-order valence-electron chi connectivity index (χ1n) is 8.59. The Hall–Kier alpha value is -3.45. The molecule has 0 spiro atoms. The molecule has 0 unspecified atom stereocenters. The monoisotopic (exact) mass is 391 g/mol. The normalized spacial score (nSPS) is 10.9. The number of amides is 1. The molecule has 0 fully saturated rings. The van der Waals surface area contributed by atoms with Crippen LogP contribution in [-0.2, 0) is 18.4 Å². The van der Waals surface area contributed by atoms with E-state index in [0.717, 1.165) is 21.5 Å². The lowest BCUT2D eigenvalue weighted by molar-refractivity contribution is 0.0470. The van der Waals surface area contributed by atoms with Gasteiger partial charge in [-0.05, 0) is 18.2 Å². The number of ether oxygens (including phenoxy) is 1. The Balaban J connectivity index is 1.47. The maximum Gasteiger partial charge on any atom is 0.340 e. The lowest BCUT2D eigenvalue weighted by Crippen LogP contribution is -2.10. The Morgan fingerprint density at radius 2 is 1.89 bits per heavy atom. The SMILES string of the molecule is Cn1cc(C(=O)OCc2csc(-c3ccc(C(N)=O)cc3)n2)c2ccccc21. The molecule has 7 heteroatoms. The summed E-state index contributed by atoms with van der Waals surface area (Å²) in [5, 5.41) is 3.50. The fourth-order valence-corrected chi connectivity index (χ4v) is 3.82. The number of carbonyl (C=O) groups excluding carboxylic acids is 2. The quantitative estimate of drug-likeness (QED) is 0.525. The van der Waals surface area contributed by atoms with Gasteiger partial charge < -0.3 is 15.0 Å². The van der Waals surface area contributed by atoms with Crippen LogP contribution >= 0.6 is 11.3 Å². The predicted molar refractivity (Wildman–Crippen MR) is 108 cm³/mol. The van der Waals surface area contributed by atoms with Crippen LogP contribution in [0, 0.1) is 0 Å². The molecule has 0 saturated heterocycles. The minimum absolute atomic E-state index is 0.0952. The summed E-state index contributed by atoms with van der Waals surface area (Å²) in [5.41, 5.74) is 8.77. The fourth-order valence-electron chi connectivity index (χ4n) is 3.00. The lowest BCUT2D eigenvalue weighted by atomic mass is 10.1. The Morgan fingerprint density at radius 1 is 1.14 bits per heavy atom. The van der Waals surface area contributed by atoms with Crippen molar-refractivity contribution in [2.45, 2.75) is 6.61 Å².